The van der Waals surface area contributed by atoms with Crippen molar-refractivity contribution in [3.8, 4) is 11.3 Å². The number of alkyl halides is 3. The molecule has 0 spiro atoms. The van der Waals surface area contributed by atoms with Gasteiger partial charge in [-0.2, -0.15) is 23.3 Å². The highest BCUT2D eigenvalue weighted by atomic mass is 31.2. The van der Waals surface area contributed by atoms with Gasteiger partial charge in [0.05, 0.1) is 49.5 Å². The van der Waals surface area contributed by atoms with Gasteiger partial charge >= 0.3 is 13.8 Å². The van der Waals surface area contributed by atoms with E-state index in [4.69, 9.17) is 9.05 Å². The first-order valence-electron chi connectivity index (χ1n) is 14.5. The van der Waals surface area contributed by atoms with Crippen molar-refractivity contribution in [1.29, 1.82) is 0 Å². The van der Waals surface area contributed by atoms with Crippen LogP contribution in [0.25, 0.3) is 11.3 Å². The molecule has 4 aromatic rings. The van der Waals surface area contributed by atoms with Crippen LogP contribution in [0, 0.1) is 0 Å². The summed E-state index contributed by atoms with van der Waals surface area (Å²) >= 11 is 0. The highest BCUT2D eigenvalue weighted by Gasteiger charge is 2.37. The molecule has 0 bridgehead atoms. The van der Waals surface area contributed by atoms with Crippen molar-refractivity contribution in [2.75, 3.05) is 37.5 Å². The molecule has 3 N–H and O–H groups in total. The molecule has 0 atom stereocenters. The Kier molecular flexibility index (Phi) is 9.77. The largest absolute Gasteiger partial charge is 0.421 e. The van der Waals surface area contributed by atoms with Gasteiger partial charge in [-0.1, -0.05) is 18.2 Å². The average molecular weight is 660 g/mol. The van der Waals surface area contributed by atoms with Crippen molar-refractivity contribution in [2.45, 2.75) is 39.3 Å². The predicted octanol–water partition coefficient (Wildman–Crippen LogP) is 6.19. The molecule has 244 valence electrons. The molecule has 0 radical (unpaired) electrons. The molecule has 5 rings (SSSR count). The number of aromatic nitrogens is 4. The number of benzene rings is 2. The predicted molar refractivity (Wildman–Crippen MR) is 165 cm³/mol. The van der Waals surface area contributed by atoms with Gasteiger partial charge in [0.15, 0.2) is 0 Å². The number of amides is 1. The first kappa shape index (κ1) is 33.1. The third-order valence-corrected chi connectivity index (χ3v) is 9.16. The van der Waals surface area contributed by atoms with E-state index in [1.54, 1.807) is 68.2 Å². The van der Waals surface area contributed by atoms with E-state index in [-0.39, 0.29) is 55.6 Å². The van der Waals surface area contributed by atoms with E-state index in [0.29, 0.717) is 40.8 Å². The fourth-order valence-corrected chi connectivity index (χ4v) is 6.78. The highest BCUT2D eigenvalue weighted by molar-refractivity contribution is 7.53. The van der Waals surface area contributed by atoms with Gasteiger partial charge in [0, 0.05) is 37.2 Å². The molecular formula is C30H33F3N7O5P. The molecular weight excluding hydrogens is 626 g/mol. The molecule has 0 unspecified atom stereocenters. The molecule has 46 heavy (non-hydrogen) atoms. The van der Waals surface area contributed by atoms with Gasteiger partial charge in [-0.15, -0.1) is 0 Å². The van der Waals surface area contributed by atoms with Crippen molar-refractivity contribution in [3.63, 3.8) is 0 Å². The number of carbonyl (C=O) groups is 1. The van der Waals surface area contributed by atoms with Gasteiger partial charge in [0.1, 0.15) is 11.4 Å². The Morgan fingerprint density at radius 2 is 1.76 bits per heavy atom. The number of hydrogen-bond donors (Lipinski definition) is 3. The lowest BCUT2D eigenvalue weighted by Gasteiger charge is -2.18. The molecule has 0 aliphatic carbocycles. The van der Waals surface area contributed by atoms with Gasteiger partial charge < -0.3 is 29.7 Å². The van der Waals surface area contributed by atoms with E-state index < -0.39 is 25.2 Å². The van der Waals surface area contributed by atoms with Gasteiger partial charge in [-0.25, -0.2) is 4.98 Å². The molecule has 0 fully saturated rings. The van der Waals surface area contributed by atoms with Gasteiger partial charge in [0.25, 0.3) is 5.91 Å². The summed E-state index contributed by atoms with van der Waals surface area (Å²) in [5.74, 6) is -1.03. The fourth-order valence-electron chi connectivity index (χ4n) is 5.07. The number of fused-ring (bicyclic) bond motifs is 1. The number of hydrogen-bond acceptors (Lipinski definition) is 10. The molecule has 16 heteroatoms. The standard InChI is InChI=1S/C30H33F3N7O5P/c1-4-44-46(43,45-5-2)18-19-6-8-20(9-7-19)35-29-34-16-23(30(31,32)33)27(37-29)36-25-11-10-21(22-17-39(3)28(42)26(22)25)24-12-13-40(38-24)14-15-41/h6-13,16,41H,4-5,14-15,17-18H2,1-3H3,(H2,34,35,36,37). The quantitative estimate of drug-likeness (QED) is 0.142. The molecule has 2 aromatic carbocycles. The second kappa shape index (κ2) is 13.6. The number of rotatable bonds is 13. The number of aliphatic hydroxyl groups excluding tert-OH is 1. The minimum atomic E-state index is -4.79. The van der Waals surface area contributed by atoms with E-state index in [2.05, 4.69) is 25.7 Å². The highest BCUT2D eigenvalue weighted by Crippen LogP contribution is 2.51. The fraction of sp³-hybridized carbons (Fsp3) is 0.333. The van der Waals surface area contributed by atoms with Gasteiger partial charge in [-0.05, 0) is 49.2 Å². The lowest BCUT2D eigenvalue weighted by Crippen LogP contribution is -2.18. The van der Waals surface area contributed by atoms with Crippen molar-refractivity contribution in [3.05, 3.63) is 77.1 Å². The van der Waals surface area contributed by atoms with E-state index in [1.807, 2.05) is 0 Å². The normalized spacial score (nSPS) is 13.3. The zero-order valence-electron chi connectivity index (χ0n) is 25.3. The maximum Gasteiger partial charge on any atom is 0.421 e. The lowest BCUT2D eigenvalue weighted by molar-refractivity contribution is -0.137. The number of nitrogens with one attached hydrogen (secondary N) is 2. The van der Waals surface area contributed by atoms with Crippen LogP contribution in [0.4, 0.5) is 36.3 Å². The summed E-state index contributed by atoms with van der Waals surface area (Å²) < 4.78 is 67.3. The summed E-state index contributed by atoms with van der Waals surface area (Å²) in [5, 5.41) is 19.3. The maximum absolute atomic E-state index is 14.1. The molecule has 2 aromatic heterocycles. The Hall–Kier alpha value is -4.30. The molecule has 0 saturated carbocycles. The van der Waals surface area contributed by atoms with Gasteiger partial charge in [0.2, 0.25) is 5.95 Å². The minimum absolute atomic E-state index is 0.0569. The number of nitrogens with zero attached hydrogens (tertiary/aromatic N) is 5. The van der Waals surface area contributed by atoms with Crippen molar-refractivity contribution in [1.82, 2.24) is 24.6 Å². The summed E-state index contributed by atoms with van der Waals surface area (Å²) in [6.07, 6.45) is -2.37. The average Bonchev–Trinajstić information content (AvgIpc) is 3.58. The third-order valence-electron chi connectivity index (χ3n) is 7.10. The monoisotopic (exact) mass is 659 g/mol. The summed E-state index contributed by atoms with van der Waals surface area (Å²) in [6.45, 7) is 4.33. The molecule has 1 aliphatic heterocycles. The number of halogens is 3. The number of carbonyl (C=O) groups excluding carboxylic acids is 1. The SMILES string of the molecule is CCOP(=O)(Cc1ccc(Nc2ncc(C(F)(F)F)c(Nc3ccc(-c4ccn(CCO)n4)c4c3C(=O)N(C)C4)n2)cc1)OCC. The van der Waals surface area contributed by atoms with Crippen LogP contribution >= 0.6 is 7.60 Å². The van der Waals surface area contributed by atoms with Crippen molar-refractivity contribution < 1.29 is 36.7 Å². The van der Waals surface area contributed by atoms with E-state index in [0.717, 1.165) is 0 Å². The topological polar surface area (TPSA) is 144 Å². The summed E-state index contributed by atoms with van der Waals surface area (Å²) in [5.41, 5.74) is 2.21. The van der Waals surface area contributed by atoms with Crippen LogP contribution in [0.2, 0.25) is 0 Å². The zero-order valence-corrected chi connectivity index (χ0v) is 26.2. The summed E-state index contributed by atoms with van der Waals surface area (Å²) in [7, 11) is -1.72. The van der Waals surface area contributed by atoms with Gasteiger partial charge in [-0.3, -0.25) is 14.0 Å². The van der Waals surface area contributed by atoms with Crippen LogP contribution in [-0.4, -0.2) is 62.5 Å². The molecule has 0 saturated heterocycles. The molecule has 12 nitrogen and oxygen atoms in total. The van der Waals surface area contributed by atoms with Crippen LogP contribution in [0.5, 0.6) is 0 Å². The third kappa shape index (κ3) is 7.23. The van der Waals surface area contributed by atoms with E-state index >= 15 is 0 Å². The second-order valence-corrected chi connectivity index (χ2v) is 12.4. The summed E-state index contributed by atoms with van der Waals surface area (Å²) in [4.78, 5) is 22.7. The van der Waals surface area contributed by atoms with E-state index in [9.17, 15) is 27.6 Å². The lowest BCUT2D eigenvalue weighted by atomic mass is 9.99. The maximum atomic E-state index is 14.1. The molecule has 1 aliphatic rings. The van der Waals surface area contributed by atoms with Crippen LogP contribution in [-0.2, 0) is 39.0 Å². The molecule has 3 heterocycles. The van der Waals surface area contributed by atoms with Crippen molar-refractivity contribution >= 4 is 36.6 Å². The summed E-state index contributed by atoms with van der Waals surface area (Å²) in [6, 6.07) is 11.6. The van der Waals surface area contributed by atoms with E-state index in [1.165, 1.54) is 11.0 Å². The second-order valence-electron chi connectivity index (χ2n) is 10.4. The zero-order chi connectivity index (χ0) is 33.1. The Morgan fingerprint density at radius 1 is 1.04 bits per heavy atom. The first-order valence-corrected chi connectivity index (χ1v) is 16.2. The van der Waals surface area contributed by atoms with Crippen LogP contribution in [0.3, 0.4) is 0 Å². The van der Waals surface area contributed by atoms with Crippen LogP contribution in [0.1, 0.15) is 40.9 Å². The first-order chi connectivity index (χ1) is 21.9. The van der Waals surface area contributed by atoms with Crippen LogP contribution < -0.4 is 10.6 Å². The Labute approximate surface area is 263 Å². The Bertz CT molecular complexity index is 1750. The Morgan fingerprint density at radius 3 is 2.41 bits per heavy atom. The molecule has 1 amide bonds. The van der Waals surface area contributed by atoms with Crippen molar-refractivity contribution in [2.24, 2.45) is 0 Å². The van der Waals surface area contributed by atoms with Crippen LogP contribution in [0.15, 0.2) is 54.9 Å². The Balaban J connectivity index is 1.44. The number of aliphatic hydroxyl groups is 1. The number of anilines is 4. The smallest absolute Gasteiger partial charge is 0.394 e. The minimum Gasteiger partial charge on any atom is -0.394 e.